The van der Waals surface area contributed by atoms with Crippen LogP contribution < -0.4 is 20.3 Å². The summed E-state index contributed by atoms with van der Waals surface area (Å²) in [6.45, 7) is 4.34. The highest BCUT2D eigenvalue weighted by atomic mass is 16.5. The van der Waals surface area contributed by atoms with E-state index in [2.05, 4.69) is 16.0 Å². The van der Waals surface area contributed by atoms with Gasteiger partial charge in [0.2, 0.25) is 0 Å². The van der Waals surface area contributed by atoms with E-state index in [0.717, 1.165) is 12.1 Å². The average Bonchev–Trinajstić information content (AvgIpc) is 3.53. The molecule has 0 saturated carbocycles. The molecule has 2 aromatic carbocycles. The van der Waals surface area contributed by atoms with E-state index in [1.54, 1.807) is 41.2 Å². The molecule has 35 heavy (non-hydrogen) atoms. The predicted molar refractivity (Wildman–Crippen MR) is 130 cm³/mol. The highest BCUT2D eigenvalue weighted by molar-refractivity contribution is 6.02. The number of rotatable bonds is 8. The SMILES string of the molecule is CCCOc1ccc(C(=O)NNC(=O)c2cn(-c3ccccc3)nc2-c2ccc(C)o2)cc1OC. The molecule has 0 saturated heterocycles. The van der Waals surface area contributed by atoms with Crippen LogP contribution in [0, 0.1) is 6.92 Å². The molecule has 4 aromatic rings. The molecule has 9 nitrogen and oxygen atoms in total. The molecule has 180 valence electrons. The molecule has 9 heteroatoms. The third kappa shape index (κ3) is 5.35. The van der Waals surface area contributed by atoms with Crippen molar-refractivity contribution in [3.05, 3.63) is 83.7 Å². The van der Waals surface area contributed by atoms with Gasteiger partial charge in [0.15, 0.2) is 17.3 Å². The number of carbonyl (C=O) groups is 2. The average molecular weight is 475 g/mol. The van der Waals surface area contributed by atoms with Crippen molar-refractivity contribution >= 4 is 11.8 Å². The van der Waals surface area contributed by atoms with Gasteiger partial charge in [-0.2, -0.15) is 5.10 Å². The summed E-state index contributed by atoms with van der Waals surface area (Å²) in [6.07, 6.45) is 2.44. The monoisotopic (exact) mass is 474 g/mol. The molecule has 0 aliphatic carbocycles. The number of aryl methyl sites for hydroxylation is 1. The minimum atomic E-state index is -0.542. The molecule has 0 bridgehead atoms. The maximum Gasteiger partial charge on any atom is 0.273 e. The maximum absolute atomic E-state index is 13.1. The summed E-state index contributed by atoms with van der Waals surface area (Å²) in [7, 11) is 1.50. The molecule has 0 atom stereocenters. The van der Waals surface area contributed by atoms with E-state index in [1.807, 2.05) is 44.2 Å². The molecule has 0 unspecified atom stereocenters. The number of amides is 2. The van der Waals surface area contributed by atoms with Gasteiger partial charge in [-0.25, -0.2) is 4.68 Å². The van der Waals surface area contributed by atoms with Gasteiger partial charge in [-0.05, 0) is 55.8 Å². The second-order valence-corrected chi connectivity index (χ2v) is 7.70. The van der Waals surface area contributed by atoms with Gasteiger partial charge in [-0.15, -0.1) is 0 Å². The van der Waals surface area contributed by atoms with Gasteiger partial charge in [-0.3, -0.25) is 20.4 Å². The van der Waals surface area contributed by atoms with Gasteiger partial charge >= 0.3 is 0 Å². The van der Waals surface area contributed by atoms with Crippen LogP contribution >= 0.6 is 0 Å². The summed E-state index contributed by atoms with van der Waals surface area (Å²) < 4.78 is 18.2. The topological polar surface area (TPSA) is 108 Å². The highest BCUT2D eigenvalue weighted by Gasteiger charge is 2.22. The quantitative estimate of drug-likeness (QED) is 0.369. The molecule has 2 N–H and O–H groups in total. The van der Waals surface area contributed by atoms with Gasteiger partial charge in [0.25, 0.3) is 11.8 Å². The number of carbonyl (C=O) groups excluding carboxylic acids is 2. The molecule has 0 spiro atoms. The third-order valence-electron chi connectivity index (χ3n) is 5.13. The summed E-state index contributed by atoms with van der Waals surface area (Å²) in [4.78, 5) is 25.8. The minimum Gasteiger partial charge on any atom is -0.493 e. The first-order chi connectivity index (χ1) is 17.0. The van der Waals surface area contributed by atoms with Crippen LogP contribution in [-0.4, -0.2) is 35.3 Å². The minimum absolute atomic E-state index is 0.240. The Balaban J connectivity index is 1.53. The van der Waals surface area contributed by atoms with Gasteiger partial charge in [-0.1, -0.05) is 25.1 Å². The number of benzene rings is 2. The number of ether oxygens (including phenoxy) is 2. The Morgan fingerprint density at radius 3 is 2.46 bits per heavy atom. The molecule has 0 fully saturated rings. The summed E-state index contributed by atoms with van der Waals surface area (Å²) in [5.41, 5.74) is 6.57. The van der Waals surface area contributed by atoms with Crippen LogP contribution in [-0.2, 0) is 0 Å². The van der Waals surface area contributed by atoms with E-state index in [-0.39, 0.29) is 5.56 Å². The third-order valence-corrected chi connectivity index (χ3v) is 5.13. The van der Waals surface area contributed by atoms with Gasteiger partial charge < -0.3 is 13.9 Å². The first kappa shape index (κ1) is 23.6. The van der Waals surface area contributed by atoms with Crippen molar-refractivity contribution < 1.29 is 23.5 Å². The van der Waals surface area contributed by atoms with Crippen LogP contribution in [0.5, 0.6) is 11.5 Å². The van der Waals surface area contributed by atoms with E-state index < -0.39 is 11.8 Å². The van der Waals surface area contributed by atoms with Crippen LogP contribution in [0.1, 0.15) is 39.8 Å². The van der Waals surface area contributed by atoms with Crippen LogP contribution in [0.2, 0.25) is 0 Å². The van der Waals surface area contributed by atoms with E-state index >= 15 is 0 Å². The molecular formula is C26H26N4O5. The van der Waals surface area contributed by atoms with Crippen molar-refractivity contribution in [3.63, 3.8) is 0 Å². The molecule has 2 heterocycles. The first-order valence-corrected chi connectivity index (χ1v) is 11.1. The smallest absolute Gasteiger partial charge is 0.273 e. The van der Waals surface area contributed by atoms with Crippen LogP contribution in [0.3, 0.4) is 0 Å². The van der Waals surface area contributed by atoms with Crippen molar-refractivity contribution in [2.75, 3.05) is 13.7 Å². The zero-order valence-electron chi connectivity index (χ0n) is 19.7. The lowest BCUT2D eigenvalue weighted by atomic mass is 10.2. The lowest BCUT2D eigenvalue weighted by molar-refractivity contribution is 0.0846. The van der Waals surface area contributed by atoms with Crippen LogP contribution in [0.4, 0.5) is 0 Å². The first-order valence-electron chi connectivity index (χ1n) is 11.1. The molecule has 4 rings (SSSR count). The molecule has 0 aliphatic heterocycles. The number of methoxy groups -OCH3 is 1. The van der Waals surface area contributed by atoms with Crippen molar-refractivity contribution in [1.82, 2.24) is 20.6 Å². The van der Waals surface area contributed by atoms with Crippen molar-refractivity contribution in [2.24, 2.45) is 0 Å². The largest absolute Gasteiger partial charge is 0.493 e. The lowest BCUT2D eigenvalue weighted by Gasteiger charge is -2.12. The zero-order chi connectivity index (χ0) is 24.8. The number of para-hydroxylation sites is 1. The normalized spacial score (nSPS) is 10.6. The Labute approximate surface area is 202 Å². The molecule has 2 amide bonds. The number of nitrogens with zero attached hydrogens (tertiary/aromatic N) is 2. The Kier molecular flexibility index (Phi) is 7.15. The Morgan fingerprint density at radius 2 is 1.77 bits per heavy atom. The Hall–Kier alpha value is -4.53. The Morgan fingerprint density at radius 1 is 1.00 bits per heavy atom. The van der Waals surface area contributed by atoms with Crippen molar-refractivity contribution in [2.45, 2.75) is 20.3 Å². The van der Waals surface area contributed by atoms with Gasteiger partial charge in [0.05, 0.1) is 25.0 Å². The second kappa shape index (κ2) is 10.6. The zero-order valence-corrected chi connectivity index (χ0v) is 19.7. The Bertz CT molecular complexity index is 1330. The second-order valence-electron chi connectivity index (χ2n) is 7.70. The lowest BCUT2D eigenvalue weighted by Crippen LogP contribution is -2.41. The van der Waals surface area contributed by atoms with E-state index in [4.69, 9.17) is 13.9 Å². The van der Waals surface area contributed by atoms with E-state index in [0.29, 0.717) is 40.9 Å². The summed E-state index contributed by atoms with van der Waals surface area (Å²) in [5.74, 6) is 1.05. The van der Waals surface area contributed by atoms with Gasteiger partial charge in [0.1, 0.15) is 11.5 Å². The maximum atomic E-state index is 13.1. The number of hydrogen-bond donors (Lipinski definition) is 2. The van der Waals surface area contributed by atoms with Crippen LogP contribution in [0.15, 0.2) is 71.3 Å². The number of nitrogens with one attached hydrogen (secondary N) is 2. The fraction of sp³-hybridized carbons (Fsp3) is 0.192. The van der Waals surface area contributed by atoms with Crippen LogP contribution in [0.25, 0.3) is 17.1 Å². The fourth-order valence-corrected chi connectivity index (χ4v) is 3.39. The van der Waals surface area contributed by atoms with Crippen molar-refractivity contribution in [1.29, 1.82) is 0 Å². The fourth-order valence-electron chi connectivity index (χ4n) is 3.39. The molecular weight excluding hydrogens is 448 g/mol. The van der Waals surface area contributed by atoms with E-state index in [9.17, 15) is 9.59 Å². The summed E-state index contributed by atoms with van der Waals surface area (Å²) in [5, 5.41) is 4.55. The molecule has 0 aliphatic rings. The predicted octanol–water partition coefficient (Wildman–Crippen LogP) is 4.31. The van der Waals surface area contributed by atoms with Crippen molar-refractivity contribution in [3.8, 4) is 28.6 Å². The van der Waals surface area contributed by atoms with E-state index in [1.165, 1.54) is 7.11 Å². The summed E-state index contributed by atoms with van der Waals surface area (Å²) >= 11 is 0. The summed E-state index contributed by atoms with van der Waals surface area (Å²) in [6, 6.07) is 17.7. The molecule has 0 radical (unpaired) electrons. The highest BCUT2D eigenvalue weighted by Crippen LogP contribution is 2.28. The standard InChI is InChI=1S/C26H26N4O5/c1-4-14-34-21-13-11-18(15-23(21)33-3)25(31)27-28-26(32)20-16-30(19-8-6-5-7-9-19)29-24(20)22-12-10-17(2)35-22/h5-13,15-16H,4,14H2,1-3H3,(H,27,31)(H,28,32). The number of aromatic nitrogens is 2. The number of hydrogen-bond acceptors (Lipinski definition) is 6. The number of furan rings is 1. The number of hydrazine groups is 1. The molecule has 2 aromatic heterocycles. The van der Waals surface area contributed by atoms with Gasteiger partial charge in [0, 0.05) is 11.8 Å².